The van der Waals surface area contributed by atoms with Crippen molar-refractivity contribution in [2.75, 3.05) is 13.7 Å². The van der Waals surface area contributed by atoms with Gasteiger partial charge < -0.3 is 10.1 Å². The van der Waals surface area contributed by atoms with Crippen molar-refractivity contribution < 1.29 is 4.74 Å². The molecule has 0 aliphatic heterocycles. The topological polar surface area (TPSA) is 21.3 Å². The van der Waals surface area contributed by atoms with Gasteiger partial charge in [-0.05, 0) is 32.7 Å². The molecule has 1 N–H and O–H groups in total. The van der Waals surface area contributed by atoms with Gasteiger partial charge in [0.2, 0.25) is 0 Å². The van der Waals surface area contributed by atoms with Crippen molar-refractivity contribution in [2.45, 2.75) is 83.3 Å². The zero-order valence-electron chi connectivity index (χ0n) is 12.3. The summed E-state index contributed by atoms with van der Waals surface area (Å²) in [5, 5.41) is 3.52. The summed E-state index contributed by atoms with van der Waals surface area (Å²) in [6.07, 6.45) is 14.1. The van der Waals surface area contributed by atoms with Crippen LogP contribution in [0.2, 0.25) is 0 Å². The van der Waals surface area contributed by atoms with E-state index in [4.69, 9.17) is 4.74 Å². The largest absolute Gasteiger partial charge is 0.378 e. The summed E-state index contributed by atoms with van der Waals surface area (Å²) in [6.45, 7) is 3.25. The van der Waals surface area contributed by atoms with Gasteiger partial charge in [0, 0.05) is 18.1 Å². The molecule has 0 bridgehead atoms. The Morgan fingerprint density at radius 1 is 1.11 bits per heavy atom. The van der Waals surface area contributed by atoms with Crippen LogP contribution >= 0.6 is 0 Å². The third-order valence-electron chi connectivity index (χ3n) is 5.23. The van der Waals surface area contributed by atoms with Crippen molar-refractivity contribution in [2.24, 2.45) is 5.41 Å². The number of hydrogen-bond donors (Lipinski definition) is 1. The van der Waals surface area contributed by atoms with Crippen LogP contribution in [0.1, 0.15) is 71.1 Å². The van der Waals surface area contributed by atoms with Gasteiger partial charge in [0.25, 0.3) is 0 Å². The first-order chi connectivity index (χ1) is 8.83. The van der Waals surface area contributed by atoms with E-state index in [1.165, 1.54) is 64.2 Å². The Labute approximate surface area is 113 Å². The zero-order chi connectivity index (χ0) is 12.8. The van der Waals surface area contributed by atoms with Gasteiger partial charge in [-0.1, -0.05) is 45.4 Å². The molecule has 0 saturated heterocycles. The van der Waals surface area contributed by atoms with Crippen LogP contribution in [0.3, 0.4) is 0 Å². The van der Waals surface area contributed by atoms with Crippen LogP contribution in [-0.4, -0.2) is 25.8 Å². The minimum atomic E-state index is 0.498. The van der Waals surface area contributed by atoms with Gasteiger partial charge in [-0.15, -0.1) is 0 Å². The Hall–Kier alpha value is -0.0800. The standard InChI is InChI=1S/C16H31NO/c1-3-4-5-9-12-18-15-13-14(17-2)16(15)10-7-6-8-11-16/h14-15,17H,3-13H2,1-2H3. The summed E-state index contributed by atoms with van der Waals surface area (Å²) in [4.78, 5) is 0. The summed E-state index contributed by atoms with van der Waals surface area (Å²) in [5.74, 6) is 0. The highest BCUT2D eigenvalue weighted by atomic mass is 16.5. The van der Waals surface area contributed by atoms with Crippen molar-refractivity contribution in [1.29, 1.82) is 0 Å². The Bertz CT molecular complexity index is 235. The van der Waals surface area contributed by atoms with Gasteiger partial charge in [-0.25, -0.2) is 0 Å². The molecule has 1 spiro atoms. The van der Waals surface area contributed by atoms with Gasteiger partial charge in [0.1, 0.15) is 0 Å². The van der Waals surface area contributed by atoms with E-state index in [2.05, 4.69) is 19.3 Å². The lowest BCUT2D eigenvalue weighted by Gasteiger charge is -2.57. The lowest BCUT2D eigenvalue weighted by atomic mass is 9.55. The van der Waals surface area contributed by atoms with Crippen molar-refractivity contribution >= 4 is 0 Å². The molecule has 0 radical (unpaired) electrons. The quantitative estimate of drug-likeness (QED) is 0.695. The molecular formula is C16H31NO. The predicted octanol–water partition coefficient (Wildman–Crippen LogP) is 3.89. The van der Waals surface area contributed by atoms with Crippen LogP contribution in [-0.2, 0) is 4.74 Å². The van der Waals surface area contributed by atoms with E-state index in [1.807, 2.05) is 0 Å². The van der Waals surface area contributed by atoms with Crippen LogP contribution in [0.5, 0.6) is 0 Å². The van der Waals surface area contributed by atoms with Crippen molar-refractivity contribution in [1.82, 2.24) is 5.32 Å². The molecule has 18 heavy (non-hydrogen) atoms. The Morgan fingerprint density at radius 3 is 2.56 bits per heavy atom. The molecule has 2 aliphatic rings. The molecule has 2 atom stereocenters. The monoisotopic (exact) mass is 253 g/mol. The predicted molar refractivity (Wildman–Crippen MR) is 76.9 cm³/mol. The maximum Gasteiger partial charge on any atom is 0.0661 e. The maximum atomic E-state index is 6.21. The second-order valence-electron chi connectivity index (χ2n) is 6.29. The Balaban J connectivity index is 1.74. The van der Waals surface area contributed by atoms with E-state index in [0.29, 0.717) is 11.5 Å². The summed E-state index contributed by atoms with van der Waals surface area (Å²) >= 11 is 0. The fourth-order valence-electron chi connectivity index (χ4n) is 4.02. The number of rotatable bonds is 7. The van der Waals surface area contributed by atoms with E-state index in [0.717, 1.165) is 12.6 Å². The van der Waals surface area contributed by atoms with Crippen LogP contribution < -0.4 is 5.32 Å². The average Bonchev–Trinajstić information content (AvgIpc) is 2.42. The lowest BCUT2D eigenvalue weighted by molar-refractivity contribution is -0.151. The average molecular weight is 253 g/mol. The summed E-state index contributed by atoms with van der Waals surface area (Å²) in [5.41, 5.74) is 0.498. The molecule has 2 nitrogen and oxygen atoms in total. The van der Waals surface area contributed by atoms with E-state index >= 15 is 0 Å². The lowest BCUT2D eigenvalue weighted by Crippen LogP contribution is -2.63. The molecule has 2 fully saturated rings. The molecule has 2 aliphatic carbocycles. The summed E-state index contributed by atoms with van der Waals surface area (Å²) in [7, 11) is 2.12. The minimum Gasteiger partial charge on any atom is -0.378 e. The fourth-order valence-corrected chi connectivity index (χ4v) is 4.02. The fraction of sp³-hybridized carbons (Fsp3) is 1.00. The first-order valence-electron chi connectivity index (χ1n) is 8.12. The van der Waals surface area contributed by atoms with Gasteiger partial charge in [-0.2, -0.15) is 0 Å². The van der Waals surface area contributed by atoms with E-state index < -0.39 is 0 Å². The number of hydrogen-bond acceptors (Lipinski definition) is 2. The molecule has 106 valence electrons. The SMILES string of the molecule is CCCCCCOC1CC(NC)C12CCCCC2. The molecule has 0 aromatic carbocycles. The van der Waals surface area contributed by atoms with Crippen molar-refractivity contribution in [3.63, 3.8) is 0 Å². The molecule has 2 heteroatoms. The molecule has 2 rings (SSSR count). The highest BCUT2D eigenvalue weighted by Gasteiger charge is 2.54. The molecule has 2 unspecified atom stereocenters. The van der Waals surface area contributed by atoms with Gasteiger partial charge >= 0.3 is 0 Å². The zero-order valence-corrected chi connectivity index (χ0v) is 12.3. The summed E-state index contributed by atoms with van der Waals surface area (Å²) < 4.78 is 6.21. The first-order valence-corrected chi connectivity index (χ1v) is 8.12. The van der Waals surface area contributed by atoms with Gasteiger partial charge in [-0.3, -0.25) is 0 Å². The minimum absolute atomic E-state index is 0.498. The van der Waals surface area contributed by atoms with E-state index in [9.17, 15) is 0 Å². The van der Waals surface area contributed by atoms with E-state index in [1.54, 1.807) is 0 Å². The van der Waals surface area contributed by atoms with Crippen LogP contribution in [0.15, 0.2) is 0 Å². The Morgan fingerprint density at radius 2 is 1.89 bits per heavy atom. The number of unbranched alkanes of at least 4 members (excludes halogenated alkanes) is 3. The summed E-state index contributed by atoms with van der Waals surface area (Å²) in [6, 6.07) is 0.721. The molecular weight excluding hydrogens is 222 g/mol. The molecule has 0 aromatic heterocycles. The normalized spacial score (nSPS) is 30.3. The highest BCUT2D eigenvalue weighted by molar-refractivity contribution is 5.08. The third kappa shape index (κ3) is 2.91. The number of ether oxygens (including phenoxy) is 1. The number of nitrogens with one attached hydrogen (secondary N) is 1. The second-order valence-corrected chi connectivity index (χ2v) is 6.29. The molecule has 0 aromatic rings. The molecule has 0 heterocycles. The van der Waals surface area contributed by atoms with Crippen molar-refractivity contribution in [3.05, 3.63) is 0 Å². The molecule has 2 saturated carbocycles. The maximum absolute atomic E-state index is 6.21. The van der Waals surface area contributed by atoms with Crippen molar-refractivity contribution in [3.8, 4) is 0 Å². The van der Waals surface area contributed by atoms with E-state index in [-0.39, 0.29) is 0 Å². The second kappa shape index (κ2) is 6.91. The van der Waals surface area contributed by atoms with Crippen LogP contribution in [0.4, 0.5) is 0 Å². The van der Waals surface area contributed by atoms with Gasteiger partial charge in [0.15, 0.2) is 0 Å². The highest BCUT2D eigenvalue weighted by Crippen LogP contribution is 2.53. The smallest absolute Gasteiger partial charge is 0.0661 e. The third-order valence-corrected chi connectivity index (χ3v) is 5.23. The molecule has 0 amide bonds. The Kier molecular flexibility index (Phi) is 5.50. The van der Waals surface area contributed by atoms with Crippen LogP contribution in [0, 0.1) is 5.41 Å². The first kappa shape index (κ1) is 14.3. The van der Waals surface area contributed by atoms with Gasteiger partial charge in [0.05, 0.1) is 6.10 Å². The van der Waals surface area contributed by atoms with Crippen LogP contribution in [0.25, 0.3) is 0 Å².